The number of aliphatic carboxylic acids is 1. The molecule has 0 aliphatic heterocycles. The van der Waals surface area contributed by atoms with Crippen molar-refractivity contribution in [2.24, 2.45) is 5.41 Å². The standard InChI is InChI=1S/C11H13NO3/c12-8-3-1-2-7(6-8)9(13)11(4-5-11)10(14)15/h1-3,6,9,13H,4-5,12H2,(H,14,15). The topological polar surface area (TPSA) is 83.5 Å². The zero-order valence-electron chi connectivity index (χ0n) is 8.18. The van der Waals surface area contributed by atoms with Gasteiger partial charge in [-0.05, 0) is 30.5 Å². The third-order valence-corrected chi connectivity index (χ3v) is 2.96. The van der Waals surface area contributed by atoms with Crippen LogP contribution in [0, 0.1) is 5.41 Å². The molecule has 0 radical (unpaired) electrons. The normalized spacial score (nSPS) is 19.5. The van der Waals surface area contributed by atoms with Gasteiger partial charge in [-0.2, -0.15) is 0 Å². The van der Waals surface area contributed by atoms with Crippen molar-refractivity contribution in [1.29, 1.82) is 0 Å². The zero-order valence-corrected chi connectivity index (χ0v) is 8.18. The molecule has 1 aromatic rings. The molecule has 4 nitrogen and oxygen atoms in total. The number of nitrogen functional groups attached to an aromatic ring is 1. The number of benzene rings is 1. The summed E-state index contributed by atoms with van der Waals surface area (Å²) in [5.74, 6) is -0.933. The fourth-order valence-corrected chi connectivity index (χ4v) is 1.79. The van der Waals surface area contributed by atoms with Gasteiger partial charge in [0.1, 0.15) is 0 Å². The first-order chi connectivity index (χ1) is 7.06. The van der Waals surface area contributed by atoms with Crippen molar-refractivity contribution in [2.45, 2.75) is 18.9 Å². The summed E-state index contributed by atoms with van der Waals surface area (Å²) in [4.78, 5) is 11.0. The largest absolute Gasteiger partial charge is 0.481 e. The van der Waals surface area contributed by atoms with Crippen LogP contribution in [0.25, 0.3) is 0 Å². The molecule has 1 atom stereocenters. The molecule has 1 unspecified atom stereocenters. The van der Waals surface area contributed by atoms with Gasteiger partial charge in [-0.25, -0.2) is 0 Å². The van der Waals surface area contributed by atoms with Gasteiger partial charge in [0.25, 0.3) is 0 Å². The summed E-state index contributed by atoms with van der Waals surface area (Å²) >= 11 is 0. The van der Waals surface area contributed by atoms with Crippen LogP contribution in [-0.4, -0.2) is 16.2 Å². The van der Waals surface area contributed by atoms with E-state index in [1.807, 2.05) is 0 Å². The summed E-state index contributed by atoms with van der Waals surface area (Å²) in [6.45, 7) is 0. The van der Waals surface area contributed by atoms with Crippen LogP contribution in [0.5, 0.6) is 0 Å². The molecule has 2 rings (SSSR count). The van der Waals surface area contributed by atoms with Crippen LogP contribution >= 0.6 is 0 Å². The average Bonchev–Trinajstić information content (AvgIpc) is 2.97. The number of rotatable bonds is 3. The Labute approximate surface area is 87.3 Å². The fourth-order valence-electron chi connectivity index (χ4n) is 1.79. The molecule has 0 saturated heterocycles. The third kappa shape index (κ3) is 1.57. The number of carboxylic acid groups (broad SMARTS) is 1. The Balaban J connectivity index is 2.29. The van der Waals surface area contributed by atoms with Crippen LogP contribution < -0.4 is 5.73 Å². The SMILES string of the molecule is Nc1cccc(C(O)C2(C(=O)O)CC2)c1. The van der Waals surface area contributed by atoms with Crippen LogP contribution in [-0.2, 0) is 4.79 Å². The lowest BCUT2D eigenvalue weighted by Crippen LogP contribution is -2.23. The van der Waals surface area contributed by atoms with Gasteiger partial charge in [-0.1, -0.05) is 12.1 Å². The third-order valence-electron chi connectivity index (χ3n) is 2.96. The van der Waals surface area contributed by atoms with Gasteiger partial charge >= 0.3 is 5.97 Å². The van der Waals surface area contributed by atoms with Gasteiger partial charge in [0.2, 0.25) is 0 Å². The lowest BCUT2D eigenvalue weighted by molar-refractivity contribution is -0.148. The summed E-state index contributed by atoms with van der Waals surface area (Å²) in [5, 5.41) is 19.0. The Hall–Kier alpha value is -1.55. The molecule has 0 spiro atoms. The van der Waals surface area contributed by atoms with E-state index in [0.717, 1.165) is 0 Å². The molecule has 4 heteroatoms. The monoisotopic (exact) mass is 207 g/mol. The highest BCUT2D eigenvalue weighted by Crippen LogP contribution is 2.55. The molecule has 1 fully saturated rings. The van der Waals surface area contributed by atoms with E-state index in [1.165, 1.54) is 0 Å². The molecule has 1 aromatic carbocycles. The molecule has 15 heavy (non-hydrogen) atoms. The minimum atomic E-state index is -0.978. The summed E-state index contributed by atoms with van der Waals surface area (Å²) in [6, 6.07) is 6.74. The maximum atomic E-state index is 11.0. The lowest BCUT2D eigenvalue weighted by Gasteiger charge is -2.18. The van der Waals surface area contributed by atoms with Crippen LogP contribution in [0.4, 0.5) is 5.69 Å². The van der Waals surface area contributed by atoms with E-state index in [9.17, 15) is 9.90 Å². The number of hydrogen-bond donors (Lipinski definition) is 3. The van der Waals surface area contributed by atoms with E-state index in [4.69, 9.17) is 10.8 Å². The van der Waals surface area contributed by atoms with Crippen molar-refractivity contribution in [3.63, 3.8) is 0 Å². The predicted molar refractivity (Wildman–Crippen MR) is 55.1 cm³/mol. The molecular formula is C11H13NO3. The van der Waals surface area contributed by atoms with Crippen molar-refractivity contribution in [3.8, 4) is 0 Å². The molecule has 1 aliphatic rings. The van der Waals surface area contributed by atoms with E-state index >= 15 is 0 Å². The number of aliphatic hydroxyl groups excluding tert-OH is 1. The summed E-state index contributed by atoms with van der Waals surface area (Å²) in [6.07, 6.45) is 0.0925. The second-order valence-corrected chi connectivity index (χ2v) is 4.03. The summed E-state index contributed by atoms with van der Waals surface area (Å²) < 4.78 is 0. The lowest BCUT2D eigenvalue weighted by atomic mass is 9.93. The van der Waals surface area contributed by atoms with Crippen LogP contribution in [0.3, 0.4) is 0 Å². The minimum absolute atomic E-state index is 0.526. The fraction of sp³-hybridized carbons (Fsp3) is 0.364. The highest BCUT2D eigenvalue weighted by atomic mass is 16.4. The summed E-state index contributed by atoms with van der Waals surface area (Å²) in [5.41, 5.74) is 5.71. The van der Waals surface area contributed by atoms with Gasteiger partial charge in [0.15, 0.2) is 0 Å². The quantitative estimate of drug-likeness (QED) is 0.649. The van der Waals surface area contributed by atoms with E-state index in [0.29, 0.717) is 24.1 Å². The molecule has 80 valence electrons. The smallest absolute Gasteiger partial charge is 0.312 e. The second kappa shape index (κ2) is 3.24. The van der Waals surface area contributed by atoms with Crippen LogP contribution in [0.1, 0.15) is 24.5 Å². The first-order valence-electron chi connectivity index (χ1n) is 4.83. The number of hydrogen-bond acceptors (Lipinski definition) is 3. The zero-order chi connectivity index (χ0) is 11.1. The number of aliphatic hydroxyl groups is 1. The van der Waals surface area contributed by atoms with Crippen molar-refractivity contribution in [3.05, 3.63) is 29.8 Å². The molecule has 0 aromatic heterocycles. The highest BCUT2D eigenvalue weighted by molar-refractivity contribution is 5.79. The van der Waals surface area contributed by atoms with Gasteiger partial charge in [0.05, 0.1) is 11.5 Å². The molecule has 4 N–H and O–H groups in total. The summed E-state index contributed by atoms with van der Waals surface area (Å²) in [7, 11) is 0. The van der Waals surface area contributed by atoms with Crippen LogP contribution in [0.15, 0.2) is 24.3 Å². The molecule has 1 aliphatic carbocycles. The Morgan fingerprint density at radius 3 is 2.60 bits per heavy atom. The Morgan fingerprint density at radius 1 is 1.47 bits per heavy atom. The molecule has 0 bridgehead atoms. The van der Waals surface area contributed by atoms with Crippen molar-refractivity contribution >= 4 is 11.7 Å². The van der Waals surface area contributed by atoms with E-state index < -0.39 is 17.5 Å². The van der Waals surface area contributed by atoms with E-state index in [2.05, 4.69) is 0 Å². The predicted octanol–water partition coefficient (Wildman–Crippen LogP) is 1.17. The molecule has 0 heterocycles. The molecule has 0 amide bonds. The Bertz CT molecular complexity index is 399. The highest BCUT2D eigenvalue weighted by Gasteiger charge is 2.56. The van der Waals surface area contributed by atoms with E-state index in [1.54, 1.807) is 24.3 Å². The van der Waals surface area contributed by atoms with Crippen LogP contribution in [0.2, 0.25) is 0 Å². The van der Waals surface area contributed by atoms with Crippen molar-refractivity contribution in [1.82, 2.24) is 0 Å². The molecular weight excluding hydrogens is 194 g/mol. The van der Waals surface area contributed by atoms with Gasteiger partial charge < -0.3 is 15.9 Å². The Morgan fingerprint density at radius 2 is 2.13 bits per heavy atom. The second-order valence-electron chi connectivity index (χ2n) is 4.03. The first kappa shape index (κ1) is 9.98. The number of anilines is 1. The Kier molecular flexibility index (Phi) is 2.16. The van der Waals surface area contributed by atoms with Crippen molar-refractivity contribution < 1.29 is 15.0 Å². The maximum absolute atomic E-state index is 11.0. The number of carboxylic acids is 1. The van der Waals surface area contributed by atoms with E-state index in [-0.39, 0.29) is 0 Å². The average molecular weight is 207 g/mol. The van der Waals surface area contributed by atoms with Gasteiger partial charge in [-0.15, -0.1) is 0 Å². The van der Waals surface area contributed by atoms with Gasteiger partial charge in [0, 0.05) is 5.69 Å². The van der Waals surface area contributed by atoms with Crippen molar-refractivity contribution in [2.75, 3.05) is 5.73 Å². The number of nitrogens with two attached hydrogens (primary N) is 1. The van der Waals surface area contributed by atoms with Gasteiger partial charge in [-0.3, -0.25) is 4.79 Å². The maximum Gasteiger partial charge on any atom is 0.312 e. The number of carbonyl (C=O) groups is 1. The molecule has 1 saturated carbocycles. The first-order valence-corrected chi connectivity index (χ1v) is 4.83. The minimum Gasteiger partial charge on any atom is -0.481 e.